The summed E-state index contributed by atoms with van der Waals surface area (Å²) in [5.41, 5.74) is 2.33. The summed E-state index contributed by atoms with van der Waals surface area (Å²) in [6.45, 7) is 3.30. The second-order valence-electron chi connectivity index (χ2n) is 12.1. The Labute approximate surface area is 258 Å². The van der Waals surface area contributed by atoms with E-state index in [2.05, 4.69) is 38.4 Å². The number of unbranched alkanes of at least 4 members (excludes halogenated alkanes) is 5. The number of esters is 1. The zero-order valence-corrected chi connectivity index (χ0v) is 26.1. The van der Waals surface area contributed by atoms with Gasteiger partial charge in [-0.3, -0.25) is 0 Å². The quantitative estimate of drug-likeness (QED) is 0.0881. The van der Waals surface area contributed by atoms with Gasteiger partial charge in [0.1, 0.15) is 18.1 Å². The molecule has 1 aliphatic heterocycles. The molecule has 0 bridgehead atoms. The van der Waals surface area contributed by atoms with Crippen LogP contribution in [-0.2, 0) is 27.3 Å². The fourth-order valence-corrected chi connectivity index (χ4v) is 5.78. The van der Waals surface area contributed by atoms with Gasteiger partial charge in [0, 0.05) is 19.3 Å². The van der Waals surface area contributed by atoms with E-state index in [9.17, 15) is 4.79 Å². The average Bonchev–Trinajstić information content (AvgIpc) is 3.05. The Kier molecular flexibility index (Phi) is 13.4. The van der Waals surface area contributed by atoms with Crippen LogP contribution in [0.2, 0.25) is 0 Å². The minimum atomic E-state index is -0.219. The van der Waals surface area contributed by atoms with E-state index in [1.165, 1.54) is 5.56 Å². The van der Waals surface area contributed by atoms with Gasteiger partial charge in [0.05, 0.1) is 46.6 Å². The average molecular weight is 589 g/mol. The van der Waals surface area contributed by atoms with E-state index >= 15 is 0 Å². The fourth-order valence-electron chi connectivity index (χ4n) is 5.78. The van der Waals surface area contributed by atoms with Gasteiger partial charge in [-0.2, -0.15) is 0 Å². The van der Waals surface area contributed by atoms with Gasteiger partial charge in [-0.05, 0) is 48.2 Å². The zero-order chi connectivity index (χ0) is 30.2. The first-order chi connectivity index (χ1) is 21.0. The van der Waals surface area contributed by atoms with Crippen LogP contribution in [-0.4, -0.2) is 63.1 Å². The molecule has 0 aromatic heterocycles. The van der Waals surface area contributed by atoms with Gasteiger partial charge in [0.2, 0.25) is 0 Å². The van der Waals surface area contributed by atoms with Crippen molar-refractivity contribution in [3.8, 4) is 11.5 Å². The predicted octanol–water partition coefficient (Wildman–Crippen LogP) is 7.39. The van der Waals surface area contributed by atoms with Gasteiger partial charge in [-0.1, -0.05) is 86.3 Å². The summed E-state index contributed by atoms with van der Waals surface area (Å²) in [5.74, 6) is 1.64. The van der Waals surface area contributed by atoms with E-state index in [-0.39, 0.29) is 12.0 Å². The van der Waals surface area contributed by atoms with Crippen LogP contribution in [0, 0.1) is 0 Å². The Morgan fingerprint density at radius 2 is 1.26 bits per heavy atom. The predicted molar refractivity (Wildman–Crippen MR) is 171 cm³/mol. The molecule has 1 unspecified atom stereocenters. The SMILES string of the molecule is C[N+](C)(C1CCOCC1)C(Cc1ccccc1)C(=O)OCCCCCCCCOc1ccc(OCc2ccccc2)cc1. The van der Waals surface area contributed by atoms with Crippen LogP contribution in [0.4, 0.5) is 0 Å². The van der Waals surface area contributed by atoms with Gasteiger partial charge < -0.3 is 23.4 Å². The van der Waals surface area contributed by atoms with E-state index in [1.54, 1.807) is 0 Å². The molecule has 0 amide bonds. The lowest BCUT2D eigenvalue weighted by atomic mass is 9.97. The maximum Gasteiger partial charge on any atom is 0.365 e. The highest BCUT2D eigenvalue weighted by Crippen LogP contribution is 2.26. The Morgan fingerprint density at radius 3 is 1.88 bits per heavy atom. The molecule has 3 aromatic rings. The third kappa shape index (κ3) is 11.0. The van der Waals surface area contributed by atoms with Crippen LogP contribution in [0.25, 0.3) is 0 Å². The van der Waals surface area contributed by atoms with E-state index in [0.29, 0.717) is 36.8 Å². The third-order valence-electron chi connectivity index (χ3n) is 8.60. The van der Waals surface area contributed by atoms with Crippen molar-refractivity contribution in [1.82, 2.24) is 0 Å². The molecule has 1 atom stereocenters. The normalized spacial score (nSPS) is 14.7. The number of nitrogens with zero attached hydrogens (tertiary/aromatic N) is 1. The third-order valence-corrected chi connectivity index (χ3v) is 8.60. The lowest BCUT2D eigenvalue weighted by Crippen LogP contribution is -2.61. The molecule has 0 spiro atoms. The first-order valence-electron chi connectivity index (χ1n) is 16.0. The van der Waals surface area contributed by atoms with Gasteiger partial charge in [-0.25, -0.2) is 4.79 Å². The lowest BCUT2D eigenvalue weighted by Gasteiger charge is -2.44. The molecule has 0 radical (unpaired) electrons. The molecule has 232 valence electrons. The van der Waals surface area contributed by atoms with Crippen molar-refractivity contribution >= 4 is 5.97 Å². The van der Waals surface area contributed by atoms with E-state index in [0.717, 1.165) is 81.6 Å². The molecule has 1 fully saturated rings. The number of rotatable bonds is 18. The van der Waals surface area contributed by atoms with E-state index < -0.39 is 0 Å². The van der Waals surface area contributed by atoms with Crippen LogP contribution in [0.5, 0.6) is 11.5 Å². The summed E-state index contributed by atoms with van der Waals surface area (Å²) in [7, 11) is 4.37. The summed E-state index contributed by atoms with van der Waals surface area (Å²) in [6.07, 6.45) is 9.09. The Hall–Kier alpha value is -3.35. The summed E-state index contributed by atoms with van der Waals surface area (Å²) < 4.78 is 23.9. The number of likely N-dealkylation sites (N-methyl/N-ethyl adjacent to an activating group) is 1. The Bertz CT molecular complexity index is 1180. The second-order valence-corrected chi connectivity index (χ2v) is 12.1. The molecule has 0 aliphatic carbocycles. The largest absolute Gasteiger partial charge is 0.494 e. The van der Waals surface area contributed by atoms with Crippen molar-refractivity contribution in [3.05, 3.63) is 96.1 Å². The number of carbonyl (C=O) groups excluding carboxylic acids is 1. The highest BCUT2D eigenvalue weighted by Gasteiger charge is 2.42. The van der Waals surface area contributed by atoms with Gasteiger partial charge >= 0.3 is 5.97 Å². The molecule has 0 N–H and O–H groups in total. The van der Waals surface area contributed by atoms with Crippen molar-refractivity contribution in [2.45, 2.75) is 76.5 Å². The zero-order valence-electron chi connectivity index (χ0n) is 26.1. The first kappa shape index (κ1) is 32.6. The van der Waals surface area contributed by atoms with Crippen LogP contribution >= 0.6 is 0 Å². The van der Waals surface area contributed by atoms with E-state index in [1.807, 2.05) is 60.7 Å². The number of ether oxygens (including phenoxy) is 4. The van der Waals surface area contributed by atoms with Crippen LogP contribution in [0.3, 0.4) is 0 Å². The number of hydrogen-bond donors (Lipinski definition) is 0. The molecule has 1 heterocycles. The maximum absolute atomic E-state index is 13.4. The smallest absolute Gasteiger partial charge is 0.365 e. The maximum atomic E-state index is 13.4. The number of carbonyl (C=O) groups is 1. The highest BCUT2D eigenvalue weighted by atomic mass is 16.5. The van der Waals surface area contributed by atoms with Gasteiger partial charge in [0.25, 0.3) is 0 Å². The standard InChI is InChI=1S/C37H50NO5/c1-38(2,33-23-27-40-28-24-33)36(29-31-15-9-7-10-16-31)37(39)42-26-14-6-4-3-5-13-25-41-34-19-21-35(22-20-34)43-30-32-17-11-8-12-18-32/h7-12,15-22,33,36H,3-6,13-14,23-30H2,1-2H3/q+1. The summed E-state index contributed by atoms with van der Waals surface area (Å²) in [4.78, 5) is 13.4. The van der Waals surface area contributed by atoms with Gasteiger partial charge in [0.15, 0.2) is 6.04 Å². The fraction of sp³-hybridized carbons (Fsp3) is 0.486. The van der Waals surface area contributed by atoms with Crippen LogP contribution in [0.15, 0.2) is 84.9 Å². The Morgan fingerprint density at radius 1 is 0.721 bits per heavy atom. The minimum Gasteiger partial charge on any atom is -0.494 e. The van der Waals surface area contributed by atoms with Crippen molar-refractivity contribution < 1.29 is 28.2 Å². The summed E-state index contributed by atoms with van der Waals surface area (Å²) in [5, 5.41) is 0. The highest BCUT2D eigenvalue weighted by molar-refractivity contribution is 5.75. The lowest BCUT2D eigenvalue weighted by molar-refractivity contribution is -0.932. The van der Waals surface area contributed by atoms with Crippen LogP contribution in [0.1, 0.15) is 62.5 Å². The van der Waals surface area contributed by atoms with Crippen molar-refractivity contribution in [2.75, 3.05) is 40.5 Å². The van der Waals surface area contributed by atoms with Crippen molar-refractivity contribution in [2.24, 2.45) is 0 Å². The number of benzene rings is 3. The first-order valence-corrected chi connectivity index (χ1v) is 16.0. The monoisotopic (exact) mass is 588 g/mol. The molecule has 3 aromatic carbocycles. The van der Waals surface area contributed by atoms with Crippen molar-refractivity contribution in [1.29, 1.82) is 0 Å². The van der Waals surface area contributed by atoms with E-state index in [4.69, 9.17) is 18.9 Å². The molecular formula is C37H50NO5+. The number of hydrogen-bond acceptors (Lipinski definition) is 5. The molecule has 6 heteroatoms. The second kappa shape index (κ2) is 17.7. The minimum absolute atomic E-state index is 0.0757. The summed E-state index contributed by atoms with van der Waals surface area (Å²) >= 11 is 0. The molecule has 6 nitrogen and oxygen atoms in total. The molecule has 1 saturated heterocycles. The van der Waals surface area contributed by atoms with Crippen LogP contribution < -0.4 is 9.47 Å². The topological polar surface area (TPSA) is 54.0 Å². The van der Waals surface area contributed by atoms with Crippen molar-refractivity contribution in [3.63, 3.8) is 0 Å². The van der Waals surface area contributed by atoms with Gasteiger partial charge in [-0.15, -0.1) is 0 Å². The molecular weight excluding hydrogens is 538 g/mol. The molecule has 43 heavy (non-hydrogen) atoms. The molecule has 1 aliphatic rings. The summed E-state index contributed by atoms with van der Waals surface area (Å²) in [6, 6.07) is 28.5. The molecule has 4 rings (SSSR count). The molecule has 0 saturated carbocycles. The Balaban J connectivity index is 1.08. The number of quaternary nitrogens is 1.